The molecule has 2 aliphatic rings. The fourth-order valence-corrected chi connectivity index (χ4v) is 6.45. The Morgan fingerprint density at radius 2 is 1.20 bits per heavy atom. The molecule has 0 N–H and O–H groups in total. The molecule has 9 heteroatoms. The third-order valence-corrected chi connectivity index (χ3v) is 8.76. The van der Waals surface area contributed by atoms with Crippen molar-refractivity contribution in [1.82, 2.24) is 9.88 Å². The number of ether oxygens (including phenoxy) is 3. The van der Waals surface area contributed by atoms with Gasteiger partial charge in [0.25, 0.3) is 0 Å². The van der Waals surface area contributed by atoms with Crippen LogP contribution in [0.15, 0.2) is 109 Å². The van der Waals surface area contributed by atoms with E-state index in [1.807, 2.05) is 95.9 Å². The molecule has 2 fully saturated rings. The molecule has 4 atom stereocenters. The molecule has 46 heavy (non-hydrogen) atoms. The maximum atomic E-state index is 13.8. The Kier molecular flexibility index (Phi) is 10.7. The molecule has 2 saturated heterocycles. The number of pyridine rings is 1. The van der Waals surface area contributed by atoms with Gasteiger partial charge in [-0.15, -0.1) is 0 Å². The molecule has 242 valence electrons. The van der Waals surface area contributed by atoms with Crippen molar-refractivity contribution in [3.05, 3.63) is 132 Å². The molecule has 0 aliphatic carbocycles. The number of aromatic nitrogens is 1. The van der Waals surface area contributed by atoms with Crippen LogP contribution < -0.4 is 4.90 Å². The molecule has 2 aliphatic heterocycles. The topological polar surface area (TPSA) is 47.1 Å². The summed E-state index contributed by atoms with van der Waals surface area (Å²) in [7, 11) is 0. The lowest BCUT2D eigenvalue weighted by atomic mass is 9.98. The number of nitrogens with zero attached hydrogens (tertiary/aromatic N) is 3. The van der Waals surface area contributed by atoms with E-state index in [-0.39, 0.29) is 29.9 Å². The summed E-state index contributed by atoms with van der Waals surface area (Å²) in [6, 6.07) is 31.3. The van der Waals surface area contributed by atoms with Crippen molar-refractivity contribution < 1.29 is 27.4 Å². The van der Waals surface area contributed by atoms with Gasteiger partial charge < -0.3 is 19.1 Å². The molecular formula is C37H40F3N3O3. The van der Waals surface area contributed by atoms with Crippen LogP contribution in [0, 0.1) is 5.92 Å². The van der Waals surface area contributed by atoms with Crippen molar-refractivity contribution in [2.45, 2.75) is 50.7 Å². The third kappa shape index (κ3) is 8.53. The van der Waals surface area contributed by atoms with Crippen molar-refractivity contribution >= 4 is 5.69 Å². The van der Waals surface area contributed by atoms with Crippen LogP contribution in [0.2, 0.25) is 0 Å². The average molecular weight is 632 g/mol. The van der Waals surface area contributed by atoms with Gasteiger partial charge in [-0.2, -0.15) is 13.2 Å². The first kappa shape index (κ1) is 32.2. The lowest BCUT2D eigenvalue weighted by Gasteiger charge is -2.44. The number of rotatable bonds is 12. The fraction of sp³-hybridized carbons (Fsp3) is 0.378. The lowest BCUT2D eigenvalue weighted by molar-refractivity contribution is -0.185. The van der Waals surface area contributed by atoms with Crippen molar-refractivity contribution in [2.75, 3.05) is 37.6 Å². The minimum atomic E-state index is -4.43. The van der Waals surface area contributed by atoms with Crippen LogP contribution >= 0.6 is 0 Å². The summed E-state index contributed by atoms with van der Waals surface area (Å²) in [4.78, 5) is 8.17. The van der Waals surface area contributed by atoms with E-state index < -0.39 is 11.7 Å². The second-order valence-electron chi connectivity index (χ2n) is 12.1. The molecule has 0 radical (unpaired) electrons. The SMILES string of the molecule is FC(F)(F)c1ccncc1N1CCC(CN2C[C@H](OCc3ccccc3)C(OCc3ccccc3)[C@H](OCc3ccccc3)C2)C1. The molecule has 4 aromatic rings. The van der Waals surface area contributed by atoms with E-state index in [4.69, 9.17) is 14.2 Å². The van der Waals surface area contributed by atoms with Crippen LogP contribution in [-0.2, 0) is 40.2 Å². The van der Waals surface area contributed by atoms with E-state index in [0.29, 0.717) is 46.0 Å². The van der Waals surface area contributed by atoms with Crippen LogP contribution in [-0.4, -0.2) is 60.9 Å². The standard InChI is InChI=1S/C37H40F3N3O3/c38-37(39,40)32-16-18-41-20-33(32)43-19-17-31(22-43)21-42-23-34(44-25-28-10-4-1-5-11-28)36(46-27-30-14-8-3-9-15-30)35(24-42)45-26-29-12-6-2-7-13-29/h1-16,18,20,31,34-36H,17,19,21-27H2/t31?,34-,35+,36?. The highest BCUT2D eigenvalue weighted by atomic mass is 19.4. The zero-order chi connectivity index (χ0) is 31.8. The van der Waals surface area contributed by atoms with Gasteiger partial charge in [0.1, 0.15) is 6.10 Å². The van der Waals surface area contributed by atoms with Gasteiger partial charge in [-0.25, -0.2) is 0 Å². The Bertz CT molecular complexity index is 1440. The number of likely N-dealkylation sites (tertiary alicyclic amines) is 1. The predicted octanol–water partition coefficient (Wildman–Crippen LogP) is 7.00. The summed E-state index contributed by atoms with van der Waals surface area (Å²) in [5, 5.41) is 0. The van der Waals surface area contributed by atoms with Gasteiger partial charge in [-0.1, -0.05) is 91.0 Å². The summed E-state index contributed by atoms with van der Waals surface area (Å²) in [5.74, 6) is 0.188. The summed E-state index contributed by atoms with van der Waals surface area (Å²) < 4.78 is 61.1. The second kappa shape index (κ2) is 15.2. The number of halogens is 3. The van der Waals surface area contributed by atoms with E-state index in [2.05, 4.69) is 9.88 Å². The van der Waals surface area contributed by atoms with Crippen LogP contribution in [0.1, 0.15) is 28.7 Å². The normalized spacial score (nSPS) is 22.3. The predicted molar refractivity (Wildman–Crippen MR) is 171 cm³/mol. The first-order valence-electron chi connectivity index (χ1n) is 15.9. The van der Waals surface area contributed by atoms with E-state index in [1.54, 1.807) is 0 Å². The summed E-state index contributed by atoms with van der Waals surface area (Å²) in [5.41, 5.74) is 2.74. The monoisotopic (exact) mass is 631 g/mol. The fourth-order valence-electron chi connectivity index (χ4n) is 6.45. The molecule has 6 nitrogen and oxygen atoms in total. The number of anilines is 1. The molecule has 0 bridgehead atoms. The van der Waals surface area contributed by atoms with Gasteiger partial charge in [-0.3, -0.25) is 9.88 Å². The van der Waals surface area contributed by atoms with E-state index >= 15 is 0 Å². The van der Waals surface area contributed by atoms with Crippen molar-refractivity contribution in [3.8, 4) is 0 Å². The van der Waals surface area contributed by atoms with Gasteiger partial charge in [0.15, 0.2) is 0 Å². The molecule has 3 aromatic carbocycles. The van der Waals surface area contributed by atoms with Gasteiger partial charge >= 0.3 is 6.18 Å². The van der Waals surface area contributed by atoms with Gasteiger partial charge in [0.2, 0.25) is 0 Å². The Hall–Kier alpha value is -3.76. The first-order valence-corrected chi connectivity index (χ1v) is 15.9. The zero-order valence-electron chi connectivity index (χ0n) is 25.8. The summed E-state index contributed by atoms with van der Waals surface area (Å²) >= 11 is 0. The number of alkyl halides is 3. The highest BCUT2D eigenvalue weighted by molar-refractivity contribution is 5.54. The van der Waals surface area contributed by atoms with E-state index in [9.17, 15) is 13.2 Å². The third-order valence-electron chi connectivity index (χ3n) is 8.76. The van der Waals surface area contributed by atoms with Crippen LogP contribution in [0.4, 0.5) is 18.9 Å². The molecule has 0 amide bonds. The van der Waals surface area contributed by atoms with Crippen LogP contribution in [0.5, 0.6) is 0 Å². The molecule has 6 rings (SSSR count). The average Bonchev–Trinajstić information content (AvgIpc) is 3.55. The molecule has 0 saturated carbocycles. The van der Waals surface area contributed by atoms with Crippen molar-refractivity contribution in [2.24, 2.45) is 5.92 Å². The number of hydrogen-bond donors (Lipinski definition) is 0. The maximum Gasteiger partial charge on any atom is 0.418 e. The quantitative estimate of drug-likeness (QED) is 0.168. The Morgan fingerprint density at radius 3 is 1.72 bits per heavy atom. The van der Waals surface area contributed by atoms with Crippen LogP contribution in [0.3, 0.4) is 0 Å². The van der Waals surface area contributed by atoms with Crippen molar-refractivity contribution in [3.63, 3.8) is 0 Å². The Balaban J connectivity index is 1.19. The number of piperidine rings is 1. The Morgan fingerprint density at radius 1 is 0.674 bits per heavy atom. The summed E-state index contributed by atoms with van der Waals surface area (Å²) in [6.07, 6.45) is -1.95. The maximum absolute atomic E-state index is 13.8. The lowest BCUT2D eigenvalue weighted by Crippen LogP contribution is -2.58. The highest BCUT2D eigenvalue weighted by Gasteiger charge is 2.41. The smallest absolute Gasteiger partial charge is 0.369 e. The second-order valence-corrected chi connectivity index (χ2v) is 12.1. The number of benzene rings is 3. The largest absolute Gasteiger partial charge is 0.418 e. The van der Waals surface area contributed by atoms with Crippen molar-refractivity contribution in [1.29, 1.82) is 0 Å². The highest BCUT2D eigenvalue weighted by Crippen LogP contribution is 2.38. The molecule has 3 heterocycles. The first-order chi connectivity index (χ1) is 22.4. The molecule has 1 aromatic heterocycles. The molecule has 0 spiro atoms. The molecule has 2 unspecified atom stereocenters. The number of hydrogen-bond acceptors (Lipinski definition) is 6. The van der Waals surface area contributed by atoms with E-state index in [0.717, 1.165) is 35.7 Å². The van der Waals surface area contributed by atoms with Gasteiger partial charge in [0, 0.05) is 38.9 Å². The van der Waals surface area contributed by atoms with Gasteiger partial charge in [0.05, 0.1) is 49.5 Å². The van der Waals surface area contributed by atoms with Gasteiger partial charge in [-0.05, 0) is 35.1 Å². The summed E-state index contributed by atoms with van der Waals surface area (Å²) in [6.45, 7) is 4.39. The van der Waals surface area contributed by atoms with E-state index in [1.165, 1.54) is 12.4 Å². The minimum Gasteiger partial charge on any atom is -0.369 e. The molecular weight excluding hydrogens is 591 g/mol. The Labute approximate surface area is 268 Å². The minimum absolute atomic E-state index is 0.152. The zero-order valence-corrected chi connectivity index (χ0v) is 25.8. The van der Waals surface area contributed by atoms with Crippen LogP contribution in [0.25, 0.3) is 0 Å².